The zero-order valence-electron chi connectivity index (χ0n) is 10.4. The van der Waals surface area contributed by atoms with Crippen molar-refractivity contribution in [3.8, 4) is 0 Å². The molecular formula is C10H24N2O2S. The second kappa shape index (κ2) is 7.19. The predicted molar refractivity (Wildman–Crippen MR) is 64.0 cm³/mol. The molecule has 1 saturated heterocycles. The molecule has 0 bridgehead atoms. The van der Waals surface area contributed by atoms with Crippen LogP contribution in [0.4, 0.5) is 0 Å². The highest BCUT2D eigenvalue weighted by Crippen LogP contribution is 2.15. The minimum absolute atomic E-state index is 0.610. The highest BCUT2D eigenvalue weighted by atomic mass is 32.2. The fourth-order valence-corrected chi connectivity index (χ4v) is 3.07. The summed E-state index contributed by atoms with van der Waals surface area (Å²) in [6.07, 6.45) is 2.86. The van der Waals surface area contributed by atoms with Gasteiger partial charge in [-0.15, -0.1) is 0 Å². The molecule has 0 atom stereocenters. The van der Waals surface area contributed by atoms with Crippen LogP contribution in [0.1, 0.15) is 40.0 Å². The Labute approximate surface area is 94.4 Å². The Balaban J connectivity index is 0.000000921. The van der Waals surface area contributed by atoms with Crippen molar-refractivity contribution in [3.05, 3.63) is 0 Å². The van der Waals surface area contributed by atoms with Crippen LogP contribution in [0.3, 0.4) is 0 Å². The van der Waals surface area contributed by atoms with Gasteiger partial charge in [0.15, 0.2) is 0 Å². The molecule has 1 aliphatic rings. The molecule has 0 aromatic heterocycles. The summed E-state index contributed by atoms with van der Waals surface area (Å²) < 4.78 is 26.6. The second-order valence-corrected chi connectivity index (χ2v) is 5.47. The van der Waals surface area contributed by atoms with Crippen LogP contribution in [0.5, 0.6) is 0 Å². The van der Waals surface area contributed by atoms with E-state index in [9.17, 15) is 8.42 Å². The van der Waals surface area contributed by atoms with Gasteiger partial charge < -0.3 is 0 Å². The van der Waals surface area contributed by atoms with Gasteiger partial charge in [-0.3, -0.25) is 0 Å². The van der Waals surface area contributed by atoms with Crippen molar-refractivity contribution in [1.82, 2.24) is 8.61 Å². The minimum atomic E-state index is -3.13. The van der Waals surface area contributed by atoms with Gasteiger partial charge >= 0.3 is 0 Å². The number of rotatable bonds is 4. The maximum absolute atomic E-state index is 11.8. The third-order valence-corrected chi connectivity index (χ3v) is 4.31. The van der Waals surface area contributed by atoms with E-state index in [1.165, 1.54) is 4.31 Å². The van der Waals surface area contributed by atoms with Gasteiger partial charge in [-0.1, -0.05) is 20.8 Å². The molecule has 0 amide bonds. The minimum Gasteiger partial charge on any atom is -0.195 e. The Morgan fingerprint density at radius 2 is 1.67 bits per heavy atom. The van der Waals surface area contributed by atoms with E-state index >= 15 is 0 Å². The van der Waals surface area contributed by atoms with Crippen LogP contribution in [-0.2, 0) is 10.2 Å². The molecule has 5 heteroatoms. The van der Waals surface area contributed by atoms with Crippen LogP contribution >= 0.6 is 0 Å². The highest BCUT2D eigenvalue weighted by molar-refractivity contribution is 7.86. The van der Waals surface area contributed by atoms with Crippen molar-refractivity contribution in [1.29, 1.82) is 0 Å². The summed E-state index contributed by atoms with van der Waals surface area (Å²) in [5.41, 5.74) is 0. The van der Waals surface area contributed by atoms with Gasteiger partial charge in [0.1, 0.15) is 0 Å². The van der Waals surface area contributed by atoms with Gasteiger partial charge in [0, 0.05) is 26.7 Å². The molecule has 0 unspecified atom stereocenters. The lowest BCUT2D eigenvalue weighted by Gasteiger charge is -2.23. The Morgan fingerprint density at radius 1 is 1.20 bits per heavy atom. The summed E-state index contributed by atoms with van der Waals surface area (Å²) in [4.78, 5) is 0. The SMILES string of the molecule is CC.CCCN(C)S(=O)(=O)N1CCCC1. The Morgan fingerprint density at radius 3 is 2.07 bits per heavy atom. The average Bonchev–Trinajstić information content (AvgIpc) is 2.74. The fourth-order valence-electron chi connectivity index (χ4n) is 1.55. The normalized spacial score (nSPS) is 17.7. The van der Waals surface area contributed by atoms with Crippen molar-refractivity contribution in [2.45, 2.75) is 40.0 Å². The number of hydrogen-bond donors (Lipinski definition) is 0. The molecule has 1 rings (SSSR count). The average molecular weight is 236 g/mol. The largest absolute Gasteiger partial charge is 0.281 e. The molecular weight excluding hydrogens is 212 g/mol. The van der Waals surface area contributed by atoms with Crippen molar-refractivity contribution in [2.24, 2.45) is 0 Å². The summed E-state index contributed by atoms with van der Waals surface area (Å²) in [6, 6.07) is 0. The van der Waals surface area contributed by atoms with Crippen LogP contribution in [0.25, 0.3) is 0 Å². The molecule has 0 aromatic rings. The zero-order valence-corrected chi connectivity index (χ0v) is 11.2. The third-order valence-electron chi connectivity index (χ3n) is 2.32. The lowest BCUT2D eigenvalue weighted by molar-refractivity contribution is 0.394. The van der Waals surface area contributed by atoms with E-state index in [0.29, 0.717) is 19.6 Å². The highest BCUT2D eigenvalue weighted by Gasteiger charge is 2.28. The van der Waals surface area contributed by atoms with E-state index in [1.54, 1.807) is 11.4 Å². The van der Waals surface area contributed by atoms with Crippen molar-refractivity contribution in [2.75, 3.05) is 26.7 Å². The maximum atomic E-state index is 11.8. The number of nitrogens with zero attached hydrogens (tertiary/aromatic N) is 2. The number of hydrogen-bond acceptors (Lipinski definition) is 2. The molecule has 0 N–H and O–H groups in total. The van der Waals surface area contributed by atoms with E-state index in [0.717, 1.165) is 19.3 Å². The molecule has 1 heterocycles. The molecule has 0 aromatic carbocycles. The monoisotopic (exact) mass is 236 g/mol. The van der Waals surface area contributed by atoms with Crippen molar-refractivity contribution in [3.63, 3.8) is 0 Å². The Hall–Kier alpha value is -0.130. The molecule has 0 radical (unpaired) electrons. The first-order valence-electron chi connectivity index (χ1n) is 5.80. The van der Waals surface area contributed by atoms with Gasteiger partial charge in [-0.05, 0) is 19.3 Å². The predicted octanol–water partition coefficient (Wildman–Crippen LogP) is 1.69. The molecule has 15 heavy (non-hydrogen) atoms. The lowest BCUT2D eigenvalue weighted by atomic mass is 10.4. The zero-order chi connectivity index (χ0) is 11.9. The fraction of sp³-hybridized carbons (Fsp3) is 1.00. The first-order valence-corrected chi connectivity index (χ1v) is 7.20. The standard InChI is InChI=1S/C8H18N2O2S.C2H6/c1-3-6-9(2)13(11,12)10-7-4-5-8-10;1-2/h3-8H2,1-2H3;1-2H3. The summed E-state index contributed by atoms with van der Waals surface area (Å²) in [5, 5.41) is 0. The van der Waals surface area contributed by atoms with E-state index in [2.05, 4.69) is 0 Å². The molecule has 92 valence electrons. The quantitative estimate of drug-likeness (QED) is 0.745. The van der Waals surface area contributed by atoms with Gasteiger partial charge in [0.05, 0.1) is 0 Å². The van der Waals surface area contributed by atoms with Crippen molar-refractivity contribution < 1.29 is 8.42 Å². The smallest absolute Gasteiger partial charge is 0.195 e. The Bertz CT molecular complexity index is 246. The molecule has 0 saturated carbocycles. The van der Waals surface area contributed by atoms with Crippen molar-refractivity contribution >= 4 is 10.2 Å². The van der Waals surface area contributed by atoms with E-state index in [4.69, 9.17) is 0 Å². The summed E-state index contributed by atoms with van der Waals surface area (Å²) >= 11 is 0. The van der Waals surface area contributed by atoms with Crippen LogP contribution < -0.4 is 0 Å². The Kier molecular flexibility index (Phi) is 7.13. The topological polar surface area (TPSA) is 40.6 Å². The molecule has 1 aliphatic heterocycles. The molecule has 0 spiro atoms. The molecule has 4 nitrogen and oxygen atoms in total. The van der Waals surface area contributed by atoms with E-state index in [-0.39, 0.29) is 0 Å². The summed E-state index contributed by atoms with van der Waals surface area (Å²) in [7, 11) is -1.48. The molecule has 0 aliphatic carbocycles. The van der Waals surface area contributed by atoms with E-state index in [1.807, 2.05) is 20.8 Å². The van der Waals surface area contributed by atoms with Crippen LogP contribution in [0, 0.1) is 0 Å². The van der Waals surface area contributed by atoms with Crippen LogP contribution in [0.15, 0.2) is 0 Å². The van der Waals surface area contributed by atoms with E-state index < -0.39 is 10.2 Å². The van der Waals surface area contributed by atoms with Gasteiger partial charge in [0.2, 0.25) is 0 Å². The van der Waals surface area contributed by atoms with Crippen LogP contribution in [0.2, 0.25) is 0 Å². The first-order chi connectivity index (χ1) is 7.09. The van der Waals surface area contributed by atoms with Gasteiger partial charge in [0.25, 0.3) is 10.2 Å². The van der Waals surface area contributed by atoms with Gasteiger partial charge in [-0.2, -0.15) is 17.0 Å². The first kappa shape index (κ1) is 14.9. The molecule has 1 fully saturated rings. The lowest BCUT2D eigenvalue weighted by Crippen LogP contribution is -2.40. The summed E-state index contributed by atoms with van der Waals surface area (Å²) in [5.74, 6) is 0. The maximum Gasteiger partial charge on any atom is 0.281 e. The second-order valence-electron chi connectivity index (χ2n) is 3.44. The summed E-state index contributed by atoms with van der Waals surface area (Å²) in [6.45, 7) is 7.97. The van der Waals surface area contributed by atoms with Crippen LogP contribution in [-0.4, -0.2) is 43.7 Å². The third kappa shape index (κ3) is 4.09. The van der Waals surface area contributed by atoms with Gasteiger partial charge in [-0.25, -0.2) is 0 Å².